The van der Waals surface area contributed by atoms with Gasteiger partial charge in [-0.1, -0.05) is 48.5 Å². The Balaban J connectivity index is 2.46. The molecule has 0 amide bonds. The first-order valence-electron chi connectivity index (χ1n) is 8.63. The molecule has 5 nitrogen and oxygen atoms in total. The van der Waals surface area contributed by atoms with E-state index in [9.17, 15) is 15.2 Å². The first-order chi connectivity index (χ1) is 13.1. The van der Waals surface area contributed by atoms with Crippen molar-refractivity contribution in [3.05, 3.63) is 88.8 Å². The van der Waals surface area contributed by atoms with Gasteiger partial charge >= 0.3 is 5.97 Å². The molecule has 0 aromatic heterocycles. The fourth-order valence-electron chi connectivity index (χ4n) is 2.56. The maximum Gasteiger partial charge on any atom is 0.343 e. The molecule has 0 aliphatic carbocycles. The number of esters is 1. The van der Waals surface area contributed by atoms with E-state index in [2.05, 4.69) is 5.32 Å². The summed E-state index contributed by atoms with van der Waals surface area (Å²) in [5.41, 5.74) is 2.06. The van der Waals surface area contributed by atoms with E-state index in [-0.39, 0.29) is 29.9 Å². The van der Waals surface area contributed by atoms with Gasteiger partial charge in [0.15, 0.2) is 0 Å². The molecule has 5 heteroatoms. The van der Waals surface area contributed by atoms with Gasteiger partial charge in [-0.25, -0.2) is 4.79 Å². The van der Waals surface area contributed by atoms with Crippen molar-refractivity contribution in [2.75, 3.05) is 11.9 Å². The number of nitrogens with one attached hydrogen (secondary N) is 1. The highest BCUT2D eigenvalue weighted by Gasteiger charge is 2.23. The molecule has 0 atom stereocenters. The number of benzene rings is 2. The molecular formula is C22H22N2O3. The molecule has 27 heavy (non-hydrogen) atoms. The number of allylic oxidation sites excluding steroid dienone is 2. The second-order valence-corrected chi connectivity index (χ2v) is 5.81. The standard InChI is InChI=1S/C22H22N2O3/c1-3-27-22(26)20(16(2)24-19-12-8-5-9-13-19)21(25)18(15-23)14-17-10-6-4-7-11-17/h4-13,24-25H,3,14H2,1-2H3/b20-16+,21-18+. The van der Waals surface area contributed by atoms with Crippen LogP contribution in [0.25, 0.3) is 0 Å². The lowest BCUT2D eigenvalue weighted by Gasteiger charge is -2.14. The van der Waals surface area contributed by atoms with Crippen molar-refractivity contribution < 1.29 is 14.6 Å². The average molecular weight is 362 g/mol. The van der Waals surface area contributed by atoms with Crippen LogP contribution in [0.1, 0.15) is 19.4 Å². The summed E-state index contributed by atoms with van der Waals surface area (Å²) in [7, 11) is 0. The van der Waals surface area contributed by atoms with Crippen LogP contribution < -0.4 is 5.32 Å². The average Bonchev–Trinajstić information content (AvgIpc) is 2.68. The SMILES string of the molecule is CCOC(=O)C(=C(\C)Nc1ccccc1)/C(O)=C(\C#N)Cc1ccccc1. The number of hydrogen-bond donors (Lipinski definition) is 2. The molecule has 0 heterocycles. The minimum atomic E-state index is -0.684. The number of ether oxygens (including phenoxy) is 1. The third kappa shape index (κ3) is 5.48. The van der Waals surface area contributed by atoms with E-state index in [4.69, 9.17) is 4.74 Å². The van der Waals surface area contributed by atoms with Crippen molar-refractivity contribution in [3.63, 3.8) is 0 Å². The van der Waals surface area contributed by atoms with Crippen LogP contribution in [-0.4, -0.2) is 17.7 Å². The summed E-state index contributed by atoms with van der Waals surface area (Å²) in [6.07, 6.45) is 0.213. The first-order valence-corrected chi connectivity index (χ1v) is 8.63. The number of carbonyl (C=O) groups is 1. The monoisotopic (exact) mass is 362 g/mol. The summed E-state index contributed by atoms with van der Waals surface area (Å²) < 4.78 is 5.09. The minimum Gasteiger partial charge on any atom is -0.506 e. The van der Waals surface area contributed by atoms with Gasteiger partial charge in [0.1, 0.15) is 11.3 Å². The summed E-state index contributed by atoms with van der Waals surface area (Å²) in [6, 6.07) is 20.5. The van der Waals surface area contributed by atoms with E-state index >= 15 is 0 Å². The molecular weight excluding hydrogens is 340 g/mol. The Kier molecular flexibility index (Phi) is 7.21. The predicted molar refractivity (Wildman–Crippen MR) is 105 cm³/mol. The Morgan fingerprint density at radius 1 is 1.11 bits per heavy atom. The largest absolute Gasteiger partial charge is 0.506 e. The Bertz CT molecular complexity index is 879. The second-order valence-electron chi connectivity index (χ2n) is 5.81. The van der Waals surface area contributed by atoms with Gasteiger partial charge in [0, 0.05) is 17.8 Å². The number of nitriles is 1. The Hall–Kier alpha value is -3.52. The molecule has 0 radical (unpaired) electrons. The molecule has 0 unspecified atom stereocenters. The van der Waals surface area contributed by atoms with Crippen molar-refractivity contribution in [2.24, 2.45) is 0 Å². The predicted octanol–water partition coefficient (Wildman–Crippen LogP) is 4.51. The minimum absolute atomic E-state index is 0.0480. The van der Waals surface area contributed by atoms with Gasteiger partial charge in [-0.05, 0) is 31.5 Å². The Labute approximate surface area is 159 Å². The third-order valence-corrected chi connectivity index (χ3v) is 3.84. The van der Waals surface area contributed by atoms with E-state index < -0.39 is 5.97 Å². The van der Waals surface area contributed by atoms with Crippen LogP contribution in [0.4, 0.5) is 5.69 Å². The number of aliphatic hydroxyl groups is 1. The van der Waals surface area contributed by atoms with Gasteiger partial charge in [0.05, 0.1) is 18.2 Å². The number of aliphatic hydroxyl groups excluding tert-OH is 1. The highest BCUT2D eigenvalue weighted by atomic mass is 16.5. The molecule has 0 aliphatic heterocycles. The summed E-state index contributed by atoms with van der Waals surface area (Å²) >= 11 is 0. The van der Waals surface area contributed by atoms with Crippen LogP contribution in [0.2, 0.25) is 0 Å². The topological polar surface area (TPSA) is 82.3 Å². The Morgan fingerprint density at radius 3 is 2.26 bits per heavy atom. The molecule has 0 spiro atoms. The summed E-state index contributed by atoms with van der Waals surface area (Å²) in [4.78, 5) is 12.5. The molecule has 0 bridgehead atoms. The van der Waals surface area contributed by atoms with Crippen LogP contribution in [0.5, 0.6) is 0 Å². The molecule has 2 rings (SSSR count). The summed E-state index contributed by atoms with van der Waals surface area (Å²) in [5, 5.41) is 23.3. The maximum atomic E-state index is 12.5. The third-order valence-electron chi connectivity index (χ3n) is 3.84. The van der Waals surface area contributed by atoms with Gasteiger partial charge in [-0.3, -0.25) is 0 Å². The maximum absolute atomic E-state index is 12.5. The molecule has 0 fully saturated rings. The van der Waals surface area contributed by atoms with Crippen molar-refractivity contribution in [1.82, 2.24) is 0 Å². The summed E-state index contributed by atoms with van der Waals surface area (Å²) in [5.74, 6) is -1.06. The Morgan fingerprint density at radius 2 is 1.70 bits per heavy atom. The lowest BCUT2D eigenvalue weighted by molar-refractivity contribution is -0.138. The van der Waals surface area contributed by atoms with Gasteiger partial charge in [-0.2, -0.15) is 5.26 Å². The van der Waals surface area contributed by atoms with Crippen molar-refractivity contribution in [3.8, 4) is 6.07 Å². The fourth-order valence-corrected chi connectivity index (χ4v) is 2.56. The zero-order chi connectivity index (χ0) is 19.6. The number of anilines is 1. The van der Waals surface area contributed by atoms with Gasteiger partial charge < -0.3 is 15.2 Å². The summed E-state index contributed by atoms with van der Waals surface area (Å²) in [6.45, 7) is 3.51. The number of rotatable bonds is 7. The van der Waals surface area contributed by atoms with Gasteiger partial charge in [0.2, 0.25) is 0 Å². The number of carbonyl (C=O) groups excluding carboxylic acids is 1. The van der Waals surface area contributed by atoms with Crippen molar-refractivity contribution in [1.29, 1.82) is 5.26 Å². The van der Waals surface area contributed by atoms with E-state index in [1.54, 1.807) is 13.8 Å². The highest BCUT2D eigenvalue weighted by Crippen LogP contribution is 2.22. The molecule has 2 aromatic rings. The molecule has 2 aromatic carbocycles. The molecule has 138 valence electrons. The molecule has 0 saturated heterocycles. The number of para-hydroxylation sites is 1. The lowest BCUT2D eigenvalue weighted by atomic mass is 10.0. The van der Waals surface area contributed by atoms with Crippen molar-refractivity contribution in [2.45, 2.75) is 20.3 Å². The zero-order valence-electron chi connectivity index (χ0n) is 15.4. The van der Waals surface area contributed by atoms with Crippen LogP contribution >= 0.6 is 0 Å². The van der Waals surface area contributed by atoms with E-state index in [0.717, 1.165) is 11.3 Å². The number of nitrogens with zero attached hydrogens (tertiary/aromatic N) is 1. The molecule has 2 N–H and O–H groups in total. The van der Waals surface area contributed by atoms with Gasteiger partial charge in [0.25, 0.3) is 0 Å². The number of hydrogen-bond acceptors (Lipinski definition) is 5. The molecule has 0 aliphatic rings. The van der Waals surface area contributed by atoms with E-state index in [0.29, 0.717) is 5.70 Å². The normalized spacial score (nSPS) is 12.3. The van der Waals surface area contributed by atoms with Crippen LogP contribution in [0, 0.1) is 11.3 Å². The van der Waals surface area contributed by atoms with Crippen LogP contribution in [0.3, 0.4) is 0 Å². The van der Waals surface area contributed by atoms with Crippen molar-refractivity contribution >= 4 is 11.7 Å². The van der Waals surface area contributed by atoms with Crippen LogP contribution in [0.15, 0.2) is 83.3 Å². The zero-order valence-corrected chi connectivity index (χ0v) is 15.4. The quantitative estimate of drug-likeness (QED) is 0.249. The van der Waals surface area contributed by atoms with Gasteiger partial charge in [-0.15, -0.1) is 0 Å². The lowest BCUT2D eigenvalue weighted by Crippen LogP contribution is -2.16. The molecule has 0 saturated carbocycles. The second kappa shape index (κ2) is 9.83. The first kappa shape index (κ1) is 19.8. The van der Waals surface area contributed by atoms with E-state index in [1.807, 2.05) is 66.7 Å². The van der Waals surface area contributed by atoms with Crippen LogP contribution in [-0.2, 0) is 16.0 Å². The smallest absolute Gasteiger partial charge is 0.343 e. The van der Waals surface area contributed by atoms with E-state index in [1.165, 1.54) is 0 Å². The fraction of sp³-hybridized carbons (Fsp3) is 0.182. The highest BCUT2D eigenvalue weighted by molar-refractivity contribution is 5.94.